The minimum absolute atomic E-state index is 0.647. The molecule has 25 heavy (non-hydrogen) atoms. The van der Waals surface area contributed by atoms with Crippen molar-refractivity contribution in [3.05, 3.63) is 30.4 Å². The van der Waals surface area contributed by atoms with Gasteiger partial charge in [0.2, 0.25) is 5.95 Å². The SMILES string of the molecule is CN(C)c1nccc(N2CCN(c3cc(C4CCC4)ncn3)CC2)n1. The van der Waals surface area contributed by atoms with Gasteiger partial charge >= 0.3 is 0 Å². The van der Waals surface area contributed by atoms with Gasteiger partial charge in [0, 0.05) is 64.1 Å². The highest BCUT2D eigenvalue weighted by atomic mass is 15.3. The van der Waals surface area contributed by atoms with E-state index >= 15 is 0 Å². The predicted molar refractivity (Wildman–Crippen MR) is 99.4 cm³/mol. The minimum atomic E-state index is 0.647. The van der Waals surface area contributed by atoms with Crippen molar-refractivity contribution >= 4 is 17.6 Å². The van der Waals surface area contributed by atoms with E-state index in [2.05, 4.69) is 35.8 Å². The highest BCUT2D eigenvalue weighted by Gasteiger charge is 2.24. The molecule has 3 heterocycles. The number of hydrogen-bond acceptors (Lipinski definition) is 7. The van der Waals surface area contributed by atoms with Gasteiger partial charge in [0.05, 0.1) is 0 Å². The summed E-state index contributed by atoms with van der Waals surface area (Å²) in [5.41, 5.74) is 1.21. The van der Waals surface area contributed by atoms with E-state index in [1.54, 1.807) is 6.33 Å². The van der Waals surface area contributed by atoms with Crippen molar-refractivity contribution in [1.29, 1.82) is 0 Å². The van der Waals surface area contributed by atoms with Gasteiger partial charge in [-0.25, -0.2) is 15.0 Å². The zero-order valence-electron chi connectivity index (χ0n) is 15.0. The van der Waals surface area contributed by atoms with Crippen LogP contribution in [0, 0.1) is 0 Å². The van der Waals surface area contributed by atoms with Gasteiger partial charge in [-0.3, -0.25) is 0 Å². The standard InChI is InChI=1S/C18H25N7/c1-23(2)18-19-7-6-16(22-18)24-8-10-25(11-9-24)17-12-15(20-13-21-17)14-4-3-5-14/h6-7,12-14H,3-5,8-11H2,1-2H3. The van der Waals surface area contributed by atoms with Gasteiger partial charge in [-0.15, -0.1) is 0 Å². The van der Waals surface area contributed by atoms with Crippen LogP contribution in [0.5, 0.6) is 0 Å². The third-order valence-corrected chi connectivity index (χ3v) is 5.15. The quantitative estimate of drug-likeness (QED) is 0.843. The maximum absolute atomic E-state index is 4.65. The van der Waals surface area contributed by atoms with E-state index in [1.165, 1.54) is 25.0 Å². The molecule has 0 atom stereocenters. The monoisotopic (exact) mass is 339 g/mol. The highest BCUT2D eigenvalue weighted by molar-refractivity contribution is 5.47. The van der Waals surface area contributed by atoms with Gasteiger partial charge in [0.15, 0.2) is 0 Å². The Bertz CT molecular complexity index is 721. The third-order valence-electron chi connectivity index (χ3n) is 5.15. The number of rotatable bonds is 4. The van der Waals surface area contributed by atoms with Gasteiger partial charge in [0.25, 0.3) is 0 Å². The number of nitrogens with zero attached hydrogens (tertiary/aromatic N) is 7. The molecular formula is C18H25N7. The molecule has 132 valence electrons. The summed E-state index contributed by atoms with van der Waals surface area (Å²) in [6.45, 7) is 3.77. The summed E-state index contributed by atoms with van der Waals surface area (Å²) < 4.78 is 0. The maximum Gasteiger partial charge on any atom is 0.226 e. The van der Waals surface area contributed by atoms with Crippen LogP contribution in [0.3, 0.4) is 0 Å². The van der Waals surface area contributed by atoms with Crippen molar-refractivity contribution in [3.63, 3.8) is 0 Å². The fraction of sp³-hybridized carbons (Fsp3) is 0.556. The number of anilines is 3. The molecule has 7 nitrogen and oxygen atoms in total. The Balaban J connectivity index is 1.42. The molecule has 2 aromatic rings. The summed E-state index contributed by atoms with van der Waals surface area (Å²) in [5, 5.41) is 0. The van der Waals surface area contributed by atoms with Crippen LogP contribution in [0.1, 0.15) is 30.9 Å². The van der Waals surface area contributed by atoms with Crippen molar-refractivity contribution < 1.29 is 0 Å². The van der Waals surface area contributed by atoms with E-state index < -0.39 is 0 Å². The van der Waals surface area contributed by atoms with E-state index in [1.807, 2.05) is 31.3 Å². The van der Waals surface area contributed by atoms with E-state index in [4.69, 9.17) is 0 Å². The fourth-order valence-corrected chi connectivity index (χ4v) is 3.36. The Kier molecular flexibility index (Phi) is 4.38. The molecule has 0 unspecified atom stereocenters. The Labute approximate surface area is 148 Å². The molecule has 1 aliphatic carbocycles. The van der Waals surface area contributed by atoms with Crippen molar-refractivity contribution in [2.75, 3.05) is 55.0 Å². The van der Waals surface area contributed by atoms with Crippen LogP contribution < -0.4 is 14.7 Å². The van der Waals surface area contributed by atoms with Crippen molar-refractivity contribution in [2.24, 2.45) is 0 Å². The molecule has 7 heteroatoms. The molecule has 0 aromatic carbocycles. The molecule has 0 amide bonds. The van der Waals surface area contributed by atoms with Gasteiger partial charge < -0.3 is 14.7 Å². The van der Waals surface area contributed by atoms with Crippen LogP contribution in [-0.2, 0) is 0 Å². The Hall–Kier alpha value is -2.44. The zero-order valence-corrected chi connectivity index (χ0v) is 15.0. The largest absolute Gasteiger partial charge is 0.353 e. The molecular weight excluding hydrogens is 314 g/mol. The summed E-state index contributed by atoms with van der Waals surface area (Å²) >= 11 is 0. The fourth-order valence-electron chi connectivity index (χ4n) is 3.36. The summed E-state index contributed by atoms with van der Waals surface area (Å²) in [5.74, 6) is 3.46. The molecule has 2 fully saturated rings. The average Bonchev–Trinajstić information content (AvgIpc) is 2.61. The second-order valence-electron chi connectivity index (χ2n) is 7.01. The molecule has 2 aliphatic rings. The molecule has 0 radical (unpaired) electrons. The van der Waals surface area contributed by atoms with Crippen LogP contribution in [0.4, 0.5) is 17.6 Å². The summed E-state index contributed by atoms with van der Waals surface area (Å²) in [4.78, 5) is 24.5. The zero-order chi connectivity index (χ0) is 17.2. The van der Waals surface area contributed by atoms with Crippen molar-refractivity contribution in [2.45, 2.75) is 25.2 Å². The lowest BCUT2D eigenvalue weighted by atomic mass is 9.83. The predicted octanol–water partition coefficient (Wildman–Crippen LogP) is 1.93. The molecule has 1 aliphatic heterocycles. The van der Waals surface area contributed by atoms with Crippen LogP contribution in [0.15, 0.2) is 24.7 Å². The molecule has 0 spiro atoms. The van der Waals surface area contributed by atoms with Crippen LogP contribution in [-0.4, -0.2) is 60.2 Å². The Morgan fingerprint density at radius 3 is 2.32 bits per heavy atom. The van der Waals surface area contributed by atoms with E-state index in [0.717, 1.165) is 43.8 Å². The smallest absolute Gasteiger partial charge is 0.226 e. The lowest BCUT2D eigenvalue weighted by Gasteiger charge is -2.36. The molecule has 0 N–H and O–H groups in total. The minimum Gasteiger partial charge on any atom is -0.353 e. The number of piperazine rings is 1. The number of aromatic nitrogens is 4. The highest BCUT2D eigenvalue weighted by Crippen LogP contribution is 2.35. The Morgan fingerprint density at radius 2 is 1.68 bits per heavy atom. The van der Waals surface area contributed by atoms with Crippen LogP contribution in [0.2, 0.25) is 0 Å². The van der Waals surface area contributed by atoms with Crippen LogP contribution >= 0.6 is 0 Å². The van der Waals surface area contributed by atoms with E-state index in [-0.39, 0.29) is 0 Å². The van der Waals surface area contributed by atoms with Gasteiger partial charge in [-0.05, 0) is 18.9 Å². The maximum atomic E-state index is 4.65. The normalized spacial score (nSPS) is 18.2. The van der Waals surface area contributed by atoms with Gasteiger partial charge in [-0.2, -0.15) is 4.98 Å². The first-order valence-corrected chi connectivity index (χ1v) is 9.03. The third kappa shape index (κ3) is 3.36. The van der Waals surface area contributed by atoms with Crippen LogP contribution in [0.25, 0.3) is 0 Å². The molecule has 2 aromatic heterocycles. The summed E-state index contributed by atoms with van der Waals surface area (Å²) in [6, 6.07) is 4.18. The molecule has 1 saturated heterocycles. The lowest BCUT2D eigenvalue weighted by molar-refractivity contribution is 0.410. The molecule has 1 saturated carbocycles. The topological polar surface area (TPSA) is 61.3 Å². The van der Waals surface area contributed by atoms with Gasteiger partial charge in [-0.1, -0.05) is 6.42 Å². The van der Waals surface area contributed by atoms with E-state index in [9.17, 15) is 0 Å². The number of hydrogen-bond donors (Lipinski definition) is 0. The van der Waals surface area contributed by atoms with E-state index in [0.29, 0.717) is 5.92 Å². The first-order chi connectivity index (χ1) is 12.2. The second kappa shape index (κ2) is 6.82. The Morgan fingerprint density at radius 1 is 0.960 bits per heavy atom. The van der Waals surface area contributed by atoms with Gasteiger partial charge in [0.1, 0.15) is 18.0 Å². The van der Waals surface area contributed by atoms with Crippen molar-refractivity contribution in [3.8, 4) is 0 Å². The molecule has 0 bridgehead atoms. The summed E-state index contributed by atoms with van der Waals surface area (Å²) in [7, 11) is 3.93. The first kappa shape index (κ1) is 16.1. The lowest BCUT2D eigenvalue weighted by Crippen LogP contribution is -2.47. The second-order valence-corrected chi connectivity index (χ2v) is 7.01. The van der Waals surface area contributed by atoms with Crippen molar-refractivity contribution in [1.82, 2.24) is 19.9 Å². The first-order valence-electron chi connectivity index (χ1n) is 9.03. The summed E-state index contributed by atoms with van der Waals surface area (Å²) in [6.07, 6.45) is 7.43. The average molecular weight is 339 g/mol. The molecule has 4 rings (SSSR count).